The molecule has 0 bridgehead atoms. The van der Waals surface area contributed by atoms with Crippen LogP contribution < -0.4 is 11.1 Å². The smallest absolute Gasteiger partial charge is 0.220 e. The molecule has 0 saturated heterocycles. The zero-order valence-electron chi connectivity index (χ0n) is 10.3. The Morgan fingerprint density at radius 1 is 1.38 bits per heavy atom. The third-order valence-corrected chi connectivity index (χ3v) is 2.16. The van der Waals surface area contributed by atoms with E-state index in [1.807, 2.05) is 6.92 Å². The van der Waals surface area contributed by atoms with E-state index in [0.717, 1.165) is 6.42 Å². The van der Waals surface area contributed by atoms with Crippen LogP contribution in [0.2, 0.25) is 0 Å². The molecule has 0 aromatic rings. The molecule has 0 aliphatic carbocycles. The highest BCUT2D eigenvalue weighted by Crippen LogP contribution is 1.97. The Bertz CT molecular complexity index is 177. The van der Waals surface area contributed by atoms with E-state index in [4.69, 9.17) is 15.2 Å². The minimum absolute atomic E-state index is 0.0647. The summed E-state index contributed by atoms with van der Waals surface area (Å²) in [6, 6.07) is 0. The lowest BCUT2D eigenvalue weighted by molar-refractivity contribution is -0.121. The number of nitrogens with one attached hydrogen (secondary N) is 1. The fraction of sp³-hybridized carbons (Fsp3) is 0.909. The van der Waals surface area contributed by atoms with Crippen LogP contribution in [0, 0.1) is 5.92 Å². The predicted molar refractivity (Wildman–Crippen MR) is 63.2 cm³/mol. The lowest BCUT2D eigenvalue weighted by Gasteiger charge is -2.09. The van der Waals surface area contributed by atoms with Crippen molar-refractivity contribution in [3.63, 3.8) is 0 Å². The van der Waals surface area contributed by atoms with Gasteiger partial charge in [-0.3, -0.25) is 4.79 Å². The summed E-state index contributed by atoms with van der Waals surface area (Å²) < 4.78 is 10.1. The summed E-state index contributed by atoms with van der Waals surface area (Å²) in [5, 5.41) is 2.83. The van der Waals surface area contributed by atoms with Crippen LogP contribution in [0.5, 0.6) is 0 Å². The van der Waals surface area contributed by atoms with Gasteiger partial charge in [-0.1, -0.05) is 6.92 Å². The predicted octanol–water partition coefficient (Wildman–Crippen LogP) is 0.141. The first-order valence-electron chi connectivity index (χ1n) is 5.74. The van der Waals surface area contributed by atoms with Gasteiger partial charge in [0.2, 0.25) is 5.91 Å². The average Bonchev–Trinajstić information content (AvgIpc) is 2.27. The average molecular weight is 232 g/mol. The van der Waals surface area contributed by atoms with Gasteiger partial charge in [-0.05, 0) is 18.9 Å². The van der Waals surface area contributed by atoms with Gasteiger partial charge in [0.1, 0.15) is 0 Å². The molecule has 5 heteroatoms. The zero-order chi connectivity index (χ0) is 12.2. The number of hydrogen-bond acceptors (Lipinski definition) is 4. The van der Waals surface area contributed by atoms with Crippen LogP contribution in [-0.2, 0) is 14.3 Å². The van der Waals surface area contributed by atoms with E-state index in [1.165, 1.54) is 0 Å². The standard InChI is InChI=1S/C11H24N2O3/c1-10(9-12)8-11(14)13-4-3-5-16-7-6-15-2/h10H,3-9,12H2,1-2H3,(H,13,14). The maximum absolute atomic E-state index is 11.3. The Kier molecular flexibility index (Phi) is 10.4. The van der Waals surface area contributed by atoms with Gasteiger partial charge < -0.3 is 20.5 Å². The zero-order valence-corrected chi connectivity index (χ0v) is 10.3. The lowest BCUT2D eigenvalue weighted by Crippen LogP contribution is -2.28. The van der Waals surface area contributed by atoms with E-state index in [-0.39, 0.29) is 11.8 Å². The second kappa shape index (κ2) is 10.9. The molecule has 0 heterocycles. The van der Waals surface area contributed by atoms with Crippen molar-refractivity contribution < 1.29 is 14.3 Å². The molecule has 0 aromatic heterocycles. The Labute approximate surface area is 97.7 Å². The molecule has 0 aliphatic heterocycles. The number of hydrogen-bond donors (Lipinski definition) is 2. The molecule has 16 heavy (non-hydrogen) atoms. The van der Waals surface area contributed by atoms with Crippen molar-refractivity contribution in [2.75, 3.05) is 40.0 Å². The number of methoxy groups -OCH3 is 1. The fourth-order valence-corrected chi connectivity index (χ4v) is 1.12. The molecule has 0 radical (unpaired) electrons. The molecule has 0 fully saturated rings. The summed E-state index contributed by atoms with van der Waals surface area (Å²) in [5.74, 6) is 0.313. The molecule has 0 saturated carbocycles. The van der Waals surface area contributed by atoms with Crippen LogP contribution in [0.3, 0.4) is 0 Å². The van der Waals surface area contributed by atoms with Crippen LogP contribution in [0.25, 0.3) is 0 Å². The molecule has 1 amide bonds. The Balaban J connectivity index is 3.21. The van der Waals surface area contributed by atoms with Crippen LogP contribution in [-0.4, -0.2) is 45.9 Å². The molecule has 0 aliphatic rings. The first kappa shape index (κ1) is 15.3. The third-order valence-electron chi connectivity index (χ3n) is 2.16. The van der Waals surface area contributed by atoms with E-state index in [9.17, 15) is 4.79 Å². The third kappa shape index (κ3) is 9.89. The van der Waals surface area contributed by atoms with Crippen molar-refractivity contribution >= 4 is 5.91 Å². The first-order chi connectivity index (χ1) is 7.70. The molecule has 0 spiro atoms. The molecular formula is C11H24N2O3. The largest absolute Gasteiger partial charge is 0.382 e. The van der Waals surface area contributed by atoms with Gasteiger partial charge >= 0.3 is 0 Å². The summed E-state index contributed by atoms with van der Waals surface area (Å²) >= 11 is 0. The second-order valence-corrected chi connectivity index (χ2v) is 3.85. The second-order valence-electron chi connectivity index (χ2n) is 3.85. The van der Waals surface area contributed by atoms with Crippen LogP contribution in [0.4, 0.5) is 0 Å². The van der Waals surface area contributed by atoms with Crippen molar-refractivity contribution in [1.82, 2.24) is 5.32 Å². The van der Waals surface area contributed by atoms with Gasteiger partial charge in [0.05, 0.1) is 13.2 Å². The van der Waals surface area contributed by atoms with Gasteiger partial charge in [0, 0.05) is 26.7 Å². The summed E-state index contributed by atoms with van der Waals surface area (Å²) in [7, 11) is 1.64. The normalized spacial score (nSPS) is 12.4. The number of carbonyl (C=O) groups is 1. The maximum atomic E-state index is 11.3. The molecule has 5 nitrogen and oxygen atoms in total. The summed E-state index contributed by atoms with van der Waals surface area (Å²) in [4.78, 5) is 11.3. The molecule has 1 unspecified atom stereocenters. The Morgan fingerprint density at radius 3 is 2.75 bits per heavy atom. The number of carbonyl (C=O) groups excluding carboxylic acids is 1. The summed E-state index contributed by atoms with van der Waals surface area (Å²) in [6.45, 7) is 5.04. The van der Waals surface area contributed by atoms with E-state index in [0.29, 0.717) is 39.3 Å². The van der Waals surface area contributed by atoms with Crippen LogP contribution in [0.1, 0.15) is 19.8 Å². The maximum Gasteiger partial charge on any atom is 0.220 e. The molecule has 0 aromatic carbocycles. The minimum Gasteiger partial charge on any atom is -0.382 e. The molecule has 0 rings (SSSR count). The van der Waals surface area contributed by atoms with E-state index in [2.05, 4.69) is 5.32 Å². The highest BCUT2D eigenvalue weighted by molar-refractivity contribution is 5.76. The summed E-state index contributed by atoms with van der Waals surface area (Å²) in [5.41, 5.74) is 5.43. The lowest BCUT2D eigenvalue weighted by atomic mass is 10.1. The number of rotatable bonds is 10. The van der Waals surface area contributed by atoms with E-state index < -0.39 is 0 Å². The molecule has 3 N–H and O–H groups in total. The fourth-order valence-electron chi connectivity index (χ4n) is 1.12. The highest BCUT2D eigenvalue weighted by Gasteiger charge is 2.06. The van der Waals surface area contributed by atoms with Crippen molar-refractivity contribution in [3.05, 3.63) is 0 Å². The number of amides is 1. The molecule has 96 valence electrons. The minimum atomic E-state index is 0.0647. The summed E-state index contributed by atoms with van der Waals surface area (Å²) in [6.07, 6.45) is 1.33. The van der Waals surface area contributed by atoms with Gasteiger partial charge in [-0.2, -0.15) is 0 Å². The van der Waals surface area contributed by atoms with Crippen molar-refractivity contribution in [2.24, 2.45) is 11.7 Å². The van der Waals surface area contributed by atoms with Gasteiger partial charge in [-0.15, -0.1) is 0 Å². The van der Waals surface area contributed by atoms with Crippen molar-refractivity contribution in [1.29, 1.82) is 0 Å². The van der Waals surface area contributed by atoms with Gasteiger partial charge in [0.25, 0.3) is 0 Å². The topological polar surface area (TPSA) is 73.6 Å². The van der Waals surface area contributed by atoms with E-state index >= 15 is 0 Å². The SMILES string of the molecule is COCCOCCCNC(=O)CC(C)CN. The van der Waals surface area contributed by atoms with Crippen LogP contribution >= 0.6 is 0 Å². The van der Waals surface area contributed by atoms with Gasteiger partial charge in [0.15, 0.2) is 0 Å². The Hall–Kier alpha value is -0.650. The highest BCUT2D eigenvalue weighted by atomic mass is 16.5. The van der Waals surface area contributed by atoms with Gasteiger partial charge in [-0.25, -0.2) is 0 Å². The van der Waals surface area contributed by atoms with Crippen molar-refractivity contribution in [2.45, 2.75) is 19.8 Å². The quantitative estimate of drug-likeness (QED) is 0.525. The number of ether oxygens (including phenoxy) is 2. The van der Waals surface area contributed by atoms with Crippen molar-refractivity contribution in [3.8, 4) is 0 Å². The first-order valence-corrected chi connectivity index (χ1v) is 5.74. The van der Waals surface area contributed by atoms with Crippen LogP contribution in [0.15, 0.2) is 0 Å². The Morgan fingerprint density at radius 2 is 2.12 bits per heavy atom. The van der Waals surface area contributed by atoms with E-state index in [1.54, 1.807) is 7.11 Å². The molecule has 1 atom stereocenters. The number of nitrogens with two attached hydrogens (primary N) is 1. The molecular weight excluding hydrogens is 208 g/mol. The monoisotopic (exact) mass is 232 g/mol.